The Kier molecular flexibility index (Phi) is 5.55. The van der Waals surface area contributed by atoms with E-state index in [0.717, 1.165) is 31.6 Å². The van der Waals surface area contributed by atoms with Crippen molar-refractivity contribution in [2.45, 2.75) is 32.4 Å². The van der Waals surface area contributed by atoms with Crippen LogP contribution in [0.15, 0.2) is 54.6 Å². The van der Waals surface area contributed by atoms with Crippen LogP contribution in [0.25, 0.3) is 17.0 Å². The van der Waals surface area contributed by atoms with Gasteiger partial charge in [0.05, 0.1) is 0 Å². The first-order valence-corrected chi connectivity index (χ1v) is 9.76. The molecular weight excluding hydrogens is 350 g/mol. The largest absolute Gasteiger partial charge is 0.345 e. The fourth-order valence-corrected chi connectivity index (χ4v) is 3.82. The number of amides is 1. The maximum atomic E-state index is 11.0. The lowest BCUT2D eigenvalue weighted by Gasteiger charge is -2.07. The SMILES string of the molecule is O=C(/C=C/c1ccc(CNCCc2ccc3cc4n(c3c2)CCC4)cc1)NO. The molecule has 0 unspecified atom stereocenters. The summed E-state index contributed by atoms with van der Waals surface area (Å²) in [7, 11) is 0. The van der Waals surface area contributed by atoms with Gasteiger partial charge >= 0.3 is 0 Å². The minimum absolute atomic E-state index is 0.533. The molecule has 1 aliphatic heterocycles. The summed E-state index contributed by atoms with van der Waals surface area (Å²) in [6, 6.07) is 17.2. The second-order valence-electron chi connectivity index (χ2n) is 7.26. The third kappa shape index (κ3) is 4.16. The minimum atomic E-state index is -0.533. The van der Waals surface area contributed by atoms with Gasteiger partial charge < -0.3 is 9.88 Å². The van der Waals surface area contributed by atoms with Crippen LogP contribution in [0.4, 0.5) is 0 Å². The van der Waals surface area contributed by atoms with Gasteiger partial charge in [-0.05, 0) is 66.1 Å². The maximum Gasteiger partial charge on any atom is 0.267 e. The number of hydrogen-bond donors (Lipinski definition) is 3. The summed E-state index contributed by atoms with van der Waals surface area (Å²) >= 11 is 0. The molecule has 5 nitrogen and oxygen atoms in total. The number of aromatic nitrogens is 1. The highest BCUT2D eigenvalue weighted by Gasteiger charge is 2.14. The summed E-state index contributed by atoms with van der Waals surface area (Å²) in [6.45, 7) is 2.89. The van der Waals surface area contributed by atoms with Gasteiger partial charge in [0.25, 0.3) is 5.91 Å². The molecule has 28 heavy (non-hydrogen) atoms. The molecule has 3 N–H and O–H groups in total. The zero-order chi connectivity index (χ0) is 19.3. The Morgan fingerprint density at radius 1 is 1.11 bits per heavy atom. The van der Waals surface area contributed by atoms with Crippen LogP contribution in [-0.2, 0) is 30.7 Å². The predicted molar refractivity (Wildman–Crippen MR) is 111 cm³/mol. The summed E-state index contributed by atoms with van der Waals surface area (Å²) in [6.07, 6.45) is 6.43. The van der Waals surface area contributed by atoms with Crippen LogP contribution in [0.5, 0.6) is 0 Å². The molecule has 0 aliphatic carbocycles. The summed E-state index contributed by atoms with van der Waals surface area (Å²) in [5.41, 5.74) is 7.91. The Balaban J connectivity index is 1.28. The average Bonchev–Trinajstić information content (AvgIpc) is 3.31. The van der Waals surface area contributed by atoms with E-state index in [1.54, 1.807) is 11.6 Å². The summed E-state index contributed by atoms with van der Waals surface area (Å²) < 4.78 is 2.46. The Labute approximate surface area is 164 Å². The second-order valence-corrected chi connectivity index (χ2v) is 7.26. The number of rotatable bonds is 7. The van der Waals surface area contributed by atoms with E-state index in [9.17, 15) is 4.79 Å². The van der Waals surface area contributed by atoms with Gasteiger partial charge in [0.1, 0.15) is 0 Å². The van der Waals surface area contributed by atoms with Crippen LogP contribution in [0, 0.1) is 0 Å². The Bertz CT molecular complexity index is 1000. The van der Waals surface area contributed by atoms with Gasteiger partial charge in [0.2, 0.25) is 0 Å². The standard InChI is InChI=1S/C23H25N3O2/c27-23(25-28)10-8-17-3-5-19(6-4-17)16-24-12-11-18-7-9-20-15-21-2-1-13-26(21)22(20)14-18/h3-10,14-15,24,28H,1-2,11-13,16H2,(H,25,27)/b10-8+. The zero-order valence-corrected chi connectivity index (χ0v) is 15.8. The molecule has 0 fully saturated rings. The number of hydroxylamine groups is 1. The van der Waals surface area contributed by atoms with Crippen molar-refractivity contribution in [3.63, 3.8) is 0 Å². The lowest BCUT2D eigenvalue weighted by Crippen LogP contribution is -2.16. The Hall–Kier alpha value is -2.89. The summed E-state index contributed by atoms with van der Waals surface area (Å²) in [4.78, 5) is 11.0. The van der Waals surface area contributed by atoms with Gasteiger partial charge in [-0.15, -0.1) is 0 Å². The highest BCUT2D eigenvalue weighted by atomic mass is 16.5. The fourth-order valence-electron chi connectivity index (χ4n) is 3.82. The zero-order valence-electron chi connectivity index (χ0n) is 15.8. The topological polar surface area (TPSA) is 66.3 Å². The molecule has 1 aromatic heterocycles. The van der Waals surface area contributed by atoms with Gasteiger partial charge in [-0.1, -0.05) is 36.4 Å². The number of aryl methyl sites for hydroxylation is 2. The summed E-state index contributed by atoms with van der Waals surface area (Å²) in [5, 5.41) is 13.3. The van der Waals surface area contributed by atoms with Crippen LogP contribution in [0.2, 0.25) is 0 Å². The third-order valence-corrected chi connectivity index (χ3v) is 5.31. The van der Waals surface area contributed by atoms with E-state index in [1.807, 2.05) is 24.3 Å². The fraction of sp³-hybridized carbons (Fsp3) is 0.261. The van der Waals surface area contributed by atoms with Crippen LogP contribution < -0.4 is 10.8 Å². The first-order chi connectivity index (χ1) is 13.7. The van der Waals surface area contributed by atoms with E-state index >= 15 is 0 Å². The van der Waals surface area contributed by atoms with Crippen LogP contribution >= 0.6 is 0 Å². The van der Waals surface area contributed by atoms with Crippen molar-refractivity contribution < 1.29 is 10.0 Å². The molecule has 144 valence electrons. The molecule has 0 spiro atoms. The van der Waals surface area contributed by atoms with Crippen molar-refractivity contribution in [3.05, 3.63) is 77.0 Å². The third-order valence-electron chi connectivity index (χ3n) is 5.31. The molecule has 2 heterocycles. The number of benzene rings is 2. The highest BCUT2D eigenvalue weighted by molar-refractivity contribution is 5.90. The molecule has 1 amide bonds. The normalized spacial score (nSPS) is 13.3. The van der Waals surface area contributed by atoms with Gasteiger partial charge in [-0.3, -0.25) is 10.0 Å². The molecule has 0 saturated heterocycles. The number of fused-ring (bicyclic) bond motifs is 3. The van der Waals surface area contributed by atoms with E-state index in [0.29, 0.717) is 0 Å². The molecule has 0 atom stereocenters. The molecule has 3 aromatic rings. The molecule has 0 radical (unpaired) electrons. The van der Waals surface area contributed by atoms with Gasteiger partial charge in [-0.2, -0.15) is 0 Å². The number of carbonyl (C=O) groups is 1. The van der Waals surface area contributed by atoms with Gasteiger partial charge in [0, 0.05) is 30.4 Å². The molecule has 1 aliphatic rings. The molecule has 0 bridgehead atoms. The predicted octanol–water partition coefficient (Wildman–Crippen LogP) is 3.44. The van der Waals surface area contributed by atoms with Crippen molar-refractivity contribution in [1.29, 1.82) is 0 Å². The number of carbonyl (C=O) groups excluding carboxylic acids is 1. The molecule has 2 aromatic carbocycles. The van der Waals surface area contributed by atoms with E-state index < -0.39 is 5.91 Å². The second kappa shape index (κ2) is 8.42. The lowest BCUT2D eigenvalue weighted by molar-refractivity contribution is -0.124. The Morgan fingerprint density at radius 2 is 1.93 bits per heavy atom. The molecule has 4 rings (SSSR count). The molecular formula is C23H25N3O2. The lowest BCUT2D eigenvalue weighted by atomic mass is 10.1. The molecule has 5 heteroatoms. The first-order valence-electron chi connectivity index (χ1n) is 9.76. The van der Waals surface area contributed by atoms with Crippen LogP contribution in [0.3, 0.4) is 0 Å². The van der Waals surface area contributed by atoms with E-state index in [2.05, 4.69) is 34.1 Å². The van der Waals surface area contributed by atoms with Crippen molar-refractivity contribution in [3.8, 4) is 0 Å². The van der Waals surface area contributed by atoms with Crippen molar-refractivity contribution >= 4 is 22.9 Å². The monoisotopic (exact) mass is 375 g/mol. The van der Waals surface area contributed by atoms with E-state index in [4.69, 9.17) is 5.21 Å². The Morgan fingerprint density at radius 3 is 2.75 bits per heavy atom. The van der Waals surface area contributed by atoms with Crippen molar-refractivity contribution in [2.24, 2.45) is 0 Å². The maximum absolute atomic E-state index is 11.0. The van der Waals surface area contributed by atoms with Crippen LogP contribution in [-0.4, -0.2) is 22.2 Å². The highest BCUT2D eigenvalue weighted by Crippen LogP contribution is 2.26. The molecule has 0 saturated carbocycles. The van der Waals surface area contributed by atoms with Gasteiger partial charge in [0.15, 0.2) is 0 Å². The quantitative estimate of drug-likeness (QED) is 0.256. The summed E-state index contributed by atoms with van der Waals surface area (Å²) in [5.74, 6) is -0.533. The number of nitrogens with one attached hydrogen (secondary N) is 2. The average molecular weight is 375 g/mol. The van der Waals surface area contributed by atoms with Crippen LogP contribution in [0.1, 0.15) is 28.8 Å². The minimum Gasteiger partial charge on any atom is -0.345 e. The van der Waals surface area contributed by atoms with E-state index in [1.165, 1.54) is 46.6 Å². The van der Waals surface area contributed by atoms with Crippen molar-refractivity contribution in [2.75, 3.05) is 6.54 Å². The number of nitrogens with zero attached hydrogens (tertiary/aromatic N) is 1. The first kappa shape index (κ1) is 18.5. The smallest absolute Gasteiger partial charge is 0.267 e. The van der Waals surface area contributed by atoms with E-state index in [-0.39, 0.29) is 0 Å². The van der Waals surface area contributed by atoms with Crippen molar-refractivity contribution in [1.82, 2.24) is 15.4 Å². The number of hydrogen-bond acceptors (Lipinski definition) is 3. The van der Waals surface area contributed by atoms with Gasteiger partial charge in [-0.25, -0.2) is 5.48 Å².